The Balaban J connectivity index is 2.36. The van der Waals surface area contributed by atoms with Crippen molar-refractivity contribution >= 4 is 16.5 Å². The molecule has 21 heavy (non-hydrogen) atoms. The molecule has 0 saturated heterocycles. The Hall–Kier alpha value is -1.69. The Labute approximate surface area is 129 Å². The Kier molecular flexibility index (Phi) is 5.12. The monoisotopic (exact) mass is 306 g/mol. The summed E-state index contributed by atoms with van der Waals surface area (Å²) in [5, 5.41) is 10.4. The lowest BCUT2D eigenvalue weighted by atomic mass is 10.2. The molecular weight excluding hydrogens is 284 g/mol. The fourth-order valence-corrected chi connectivity index (χ4v) is 2.82. The van der Waals surface area contributed by atoms with Gasteiger partial charge in [0, 0.05) is 18.0 Å². The van der Waals surface area contributed by atoms with Crippen molar-refractivity contribution in [3.8, 4) is 11.3 Å². The first-order chi connectivity index (χ1) is 10.0. The van der Waals surface area contributed by atoms with E-state index in [4.69, 9.17) is 0 Å². The molecule has 0 saturated carbocycles. The standard InChI is InChI=1S/C15H22N4OS/c1-5-7-19-14(20)12(8-11(4)18-19)13-9-21-15(17-13)16-10(3)6-2/h8-10H,5-7H2,1-4H3,(H,16,17). The molecule has 1 N–H and O–H groups in total. The molecule has 0 radical (unpaired) electrons. The third kappa shape index (κ3) is 3.69. The maximum Gasteiger partial charge on any atom is 0.276 e. The number of hydrogen-bond acceptors (Lipinski definition) is 5. The quantitative estimate of drug-likeness (QED) is 0.889. The van der Waals surface area contributed by atoms with Gasteiger partial charge < -0.3 is 5.32 Å². The molecule has 0 amide bonds. The van der Waals surface area contributed by atoms with E-state index in [1.165, 1.54) is 16.0 Å². The molecule has 0 fully saturated rings. The lowest BCUT2D eigenvalue weighted by Crippen LogP contribution is -2.25. The van der Waals surface area contributed by atoms with E-state index in [1.54, 1.807) is 0 Å². The van der Waals surface area contributed by atoms with Gasteiger partial charge in [0.15, 0.2) is 5.13 Å². The summed E-state index contributed by atoms with van der Waals surface area (Å²) in [6, 6.07) is 2.19. The maximum absolute atomic E-state index is 12.4. The number of rotatable bonds is 6. The van der Waals surface area contributed by atoms with E-state index < -0.39 is 0 Å². The van der Waals surface area contributed by atoms with E-state index >= 15 is 0 Å². The SMILES string of the molecule is CCCn1nc(C)cc(-c2csc(NC(C)CC)n2)c1=O. The summed E-state index contributed by atoms with van der Waals surface area (Å²) in [5.41, 5.74) is 2.13. The van der Waals surface area contributed by atoms with E-state index in [-0.39, 0.29) is 5.56 Å². The van der Waals surface area contributed by atoms with Crippen molar-refractivity contribution in [1.82, 2.24) is 14.8 Å². The Morgan fingerprint density at radius 1 is 1.43 bits per heavy atom. The zero-order chi connectivity index (χ0) is 15.4. The molecule has 5 nitrogen and oxygen atoms in total. The van der Waals surface area contributed by atoms with Crippen molar-refractivity contribution in [3.63, 3.8) is 0 Å². The van der Waals surface area contributed by atoms with Crippen molar-refractivity contribution < 1.29 is 0 Å². The minimum Gasteiger partial charge on any atom is -0.359 e. The van der Waals surface area contributed by atoms with Crippen LogP contribution in [0, 0.1) is 6.92 Å². The average Bonchev–Trinajstić information content (AvgIpc) is 2.90. The summed E-state index contributed by atoms with van der Waals surface area (Å²) in [4.78, 5) is 17.0. The minimum atomic E-state index is -0.0668. The highest BCUT2D eigenvalue weighted by atomic mass is 32.1. The molecule has 0 spiro atoms. The number of thiazole rings is 1. The van der Waals surface area contributed by atoms with Crippen LogP contribution >= 0.6 is 11.3 Å². The van der Waals surface area contributed by atoms with Crippen LogP contribution in [-0.2, 0) is 6.54 Å². The van der Waals surface area contributed by atoms with Crippen LogP contribution in [0.5, 0.6) is 0 Å². The molecule has 2 heterocycles. The summed E-state index contributed by atoms with van der Waals surface area (Å²) in [6.07, 6.45) is 1.92. The molecular formula is C15H22N4OS. The van der Waals surface area contributed by atoms with Crippen LogP contribution < -0.4 is 10.9 Å². The van der Waals surface area contributed by atoms with Gasteiger partial charge in [-0.1, -0.05) is 13.8 Å². The van der Waals surface area contributed by atoms with Gasteiger partial charge in [-0.3, -0.25) is 4.79 Å². The number of anilines is 1. The molecule has 0 aliphatic carbocycles. The molecule has 0 aromatic carbocycles. The first kappa shape index (κ1) is 15.7. The number of aryl methyl sites for hydroxylation is 2. The highest BCUT2D eigenvalue weighted by molar-refractivity contribution is 7.14. The van der Waals surface area contributed by atoms with Crippen molar-refractivity contribution in [2.24, 2.45) is 0 Å². The third-order valence-electron chi connectivity index (χ3n) is 3.29. The lowest BCUT2D eigenvalue weighted by Gasteiger charge is -2.09. The first-order valence-corrected chi connectivity index (χ1v) is 8.24. The van der Waals surface area contributed by atoms with Gasteiger partial charge in [-0.15, -0.1) is 11.3 Å². The second-order valence-corrected chi connectivity index (χ2v) is 6.08. The zero-order valence-corrected chi connectivity index (χ0v) is 13.8. The molecule has 1 unspecified atom stereocenters. The highest BCUT2D eigenvalue weighted by Crippen LogP contribution is 2.23. The van der Waals surface area contributed by atoms with Crippen molar-refractivity contribution in [2.75, 3.05) is 5.32 Å². The van der Waals surface area contributed by atoms with Crippen LogP contribution in [0.25, 0.3) is 11.3 Å². The van der Waals surface area contributed by atoms with Gasteiger partial charge in [-0.25, -0.2) is 9.67 Å². The smallest absolute Gasteiger partial charge is 0.276 e. The van der Waals surface area contributed by atoms with Crippen LogP contribution in [0.1, 0.15) is 39.3 Å². The summed E-state index contributed by atoms with van der Waals surface area (Å²) >= 11 is 1.53. The topological polar surface area (TPSA) is 59.8 Å². The molecule has 0 bridgehead atoms. The highest BCUT2D eigenvalue weighted by Gasteiger charge is 2.12. The predicted octanol–water partition coefficient (Wildman–Crippen LogP) is 3.30. The second-order valence-electron chi connectivity index (χ2n) is 5.22. The van der Waals surface area contributed by atoms with Crippen molar-refractivity contribution in [2.45, 2.75) is 53.1 Å². The molecule has 0 aliphatic heterocycles. The van der Waals surface area contributed by atoms with Gasteiger partial charge in [0.25, 0.3) is 5.56 Å². The van der Waals surface area contributed by atoms with E-state index in [9.17, 15) is 4.79 Å². The fraction of sp³-hybridized carbons (Fsp3) is 0.533. The van der Waals surface area contributed by atoms with Gasteiger partial charge in [0.2, 0.25) is 0 Å². The predicted molar refractivity (Wildman–Crippen MR) is 88.0 cm³/mol. The lowest BCUT2D eigenvalue weighted by molar-refractivity contribution is 0.562. The molecule has 2 aromatic rings. The Bertz CT molecular complexity index is 662. The van der Waals surface area contributed by atoms with Gasteiger partial charge in [-0.05, 0) is 32.8 Å². The number of nitrogens with zero attached hydrogens (tertiary/aromatic N) is 3. The molecule has 6 heteroatoms. The number of aromatic nitrogens is 3. The summed E-state index contributed by atoms with van der Waals surface area (Å²) in [6.45, 7) is 8.82. The normalized spacial score (nSPS) is 12.4. The molecule has 0 aliphatic rings. The van der Waals surface area contributed by atoms with Gasteiger partial charge >= 0.3 is 0 Å². The number of nitrogens with one attached hydrogen (secondary N) is 1. The Morgan fingerprint density at radius 3 is 2.86 bits per heavy atom. The maximum atomic E-state index is 12.4. The van der Waals surface area contributed by atoms with Gasteiger partial charge in [0.05, 0.1) is 17.0 Å². The first-order valence-electron chi connectivity index (χ1n) is 7.36. The minimum absolute atomic E-state index is 0.0668. The summed E-state index contributed by atoms with van der Waals surface area (Å²) in [5.74, 6) is 0. The Morgan fingerprint density at radius 2 is 2.19 bits per heavy atom. The molecule has 114 valence electrons. The van der Waals surface area contributed by atoms with Crippen molar-refractivity contribution in [1.29, 1.82) is 0 Å². The van der Waals surface area contributed by atoms with E-state index in [2.05, 4.69) is 29.2 Å². The van der Waals surface area contributed by atoms with Crippen LogP contribution in [0.3, 0.4) is 0 Å². The average molecular weight is 306 g/mol. The van der Waals surface area contributed by atoms with Gasteiger partial charge in [0.1, 0.15) is 0 Å². The van der Waals surface area contributed by atoms with Gasteiger partial charge in [-0.2, -0.15) is 5.10 Å². The second kappa shape index (κ2) is 6.85. The molecule has 2 rings (SSSR count). The summed E-state index contributed by atoms with van der Waals surface area (Å²) in [7, 11) is 0. The van der Waals surface area contributed by atoms with Crippen LogP contribution in [-0.4, -0.2) is 20.8 Å². The number of hydrogen-bond donors (Lipinski definition) is 1. The fourth-order valence-electron chi connectivity index (χ4n) is 2.00. The van der Waals surface area contributed by atoms with E-state index in [0.717, 1.165) is 29.4 Å². The van der Waals surface area contributed by atoms with Crippen molar-refractivity contribution in [3.05, 3.63) is 27.5 Å². The molecule has 2 aromatic heterocycles. The third-order valence-corrected chi connectivity index (χ3v) is 4.07. The van der Waals surface area contributed by atoms with Crippen LogP contribution in [0.2, 0.25) is 0 Å². The van der Waals surface area contributed by atoms with E-state index in [1.807, 2.05) is 25.3 Å². The largest absolute Gasteiger partial charge is 0.359 e. The zero-order valence-electron chi connectivity index (χ0n) is 13.0. The van der Waals surface area contributed by atoms with Crippen LogP contribution in [0.4, 0.5) is 5.13 Å². The van der Waals surface area contributed by atoms with E-state index in [0.29, 0.717) is 18.2 Å². The van der Waals surface area contributed by atoms with Crippen LogP contribution in [0.15, 0.2) is 16.2 Å². The molecule has 1 atom stereocenters. The summed E-state index contributed by atoms with van der Waals surface area (Å²) < 4.78 is 1.53.